The summed E-state index contributed by atoms with van der Waals surface area (Å²) in [4.78, 5) is 6.78. The molecule has 5 nitrogen and oxygen atoms in total. The van der Waals surface area contributed by atoms with Gasteiger partial charge in [-0.3, -0.25) is 9.80 Å². The summed E-state index contributed by atoms with van der Waals surface area (Å²) in [5.74, 6) is 0.873. The molecule has 1 fully saturated rings. The molecule has 0 amide bonds. The van der Waals surface area contributed by atoms with Gasteiger partial charge in [0.05, 0.1) is 17.8 Å². The molecule has 32 heavy (non-hydrogen) atoms. The maximum Gasteiger partial charge on any atom is 0.416 e. The van der Waals surface area contributed by atoms with Crippen LogP contribution in [0.2, 0.25) is 0 Å². The summed E-state index contributed by atoms with van der Waals surface area (Å²) >= 11 is 0. The van der Waals surface area contributed by atoms with Crippen molar-refractivity contribution in [3.63, 3.8) is 0 Å². The van der Waals surface area contributed by atoms with E-state index in [-0.39, 0.29) is 5.41 Å². The lowest BCUT2D eigenvalue weighted by Gasteiger charge is -2.37. The van der Waals surface area contributed by atoms with Crippen molar-refractivity contribution in [3.05, 3.63) is 47.3 Å². The van der Waals surface area contributed by atoms with E-state index in [9.17, 15) is 13.2 Å². The predicted octanol–water partition coefficient (Wildman–Crippen LogP) is 5.02. The zero-order valence-electron chi connectivity index (χ0n) is 19.7. The van der Waals surface area contributed by atoms with Crippen LogP contribution in [0.1, 0.15) is 51.6 Å². The molecule has 178 valence electrons. The van der Waals surface area contributed by atoms with Crippen molar-refractivity contribution in [1.82, 2.24) is 15.0 Å². The number of benzene rings is 1. The molecular weight excluding hydrogens is 417 g/mol. The lowest BCUT2D eigenvalue weighted by molar-refractivity contribution is -0.137. The Morgan fingerprint density at radius 2 is 1.75 bits per heavy atom. The fourth-order valence-electron chi connectivity index (χ4n) is 3.84. The smallest absolute Gasteiger partial charge is 0.369 e. The number of piperazine rings is 1. The second-order valence-corrected chi connectivity index (χ2v) is 9.87. The van der Waals surface area contributed by atoms with Crippen LogP contribution in [0.15, 0.2) is 34.9 Å². The molecule has 0 aliphatic carbocycles. The van der Waals surface area contributed by atoms with Crippen LogP contribution in [0.4, 0.5) is 18.9 Å². The third kappa shape index (κ3) is 6.48. The Hall–Kier alpha value is -2.06. The minimum Gasteiger partial charge on any atom is -0.369 e. The lowest BCUT2D eigenvalue weighted by atomic mass is 9.92. The molecule has 1 aliphatic heterocycles. The molecule has 1 aliphatic rings. The van der Waals surface area contributed by atoms with Crippen molar-refractivity contribution >= 4 is 5.69 Å². The first-order chi connectivity index (χ1) is 14.9. The molecule has 1 aromatic heterocycles. The standard InChI is InChI=1S/C24H35F3N4O/c1-18(2)31(17-21-16-22(28-32-21)23(3,4)5)14-11-29-9-12-30(13-10-29)20-8-6-7-19(15-20)24(25,26)27/h6-8,15-16,18H,9-14,17H2,1-5H3. The normalized spacial score (nSPS) is 16.4. The molecule has 2 heterocycles. The van der Waals surface area contributed by atoms with Crippen molar-refractivity contribution in [2.45, 2.75) is 58.8 Å². The van der Waals surface area contributed by atoms with E-state index in [2.05, 4.69) is 49.6 Å². The minimum absolute atomic E-state index is 0.0380. The average Bonchev–Trinajstić information content (AvgIpc) is 3.20. The molecule has 1 saturated heterocycles. The van der Waals surface area contributed by atoms with E-state index in [4.69, 9.17) is 4.52 Å². The van der Waals surface area contributed by atoms with Gasteiger partial charge >= 0.3 is 6.18 Å². The maximum atomic E-state index is 13.0. The molecule has 0 unspecified atom stereocenters. The van der Waals surface area contributed by atoms with Crippen LogP contribution in [-0.2, 0) is 18.1 Å². The highest BCUT2D eigenvalue weighted by atomic mass is 19.4. The SMILES string of the molecule is CC(C)N(CCN1CCN(c2cccc(C(F)(F)F)c2)CC1)Cc1cc(C(C)(C)C)no1. The van der Waals surface area contributed by atoms with Crippen molar-refractivity contribution < 1.29 is 17.7 Å². The number of halogens is 3. The van der Waals surface area contributed by atoms with Gasteiger partial charge in [0.1, 0.15) is 0 Å². The molecule has 0 atom stereocenters. The highest BCUT2D eigenvalue weighted by Crippen LogP contribution is 2.32. The summed E-state index contributed by atoms with van der Waals surface area (Å²) < 4.78 is 44.6. The number of aromatic nitrogens is 1. The third-order valence-electron chi connectivity index (χ3n) is 6.03. The average molecular weight is 453 g/mol. The number of nitrogens with zero attached hydrogens (tertiary/aromatic N) is 4. The molecule has 0 spiro atoms. The number of alkyl halides is 3. The van der Waals surface area contributed by atoms with Crippen molar-refractivity contribution in [3.8, 4) is 0 Å². The van der Waals surface area contributed by atoms with E-state index >= 15 is 0 Å². The van der Waals surface area contributed by atoms with Gasteiger partial charge < -0.3 is 9.42 Å². The van der Waals surface area contributed by atoms with E-state index in [1.165, 1.54) is 12.1 Å². The van der Waals surface area contributed by atoms with E-state index in [1.807, 2.05) is 11.0 Å². The Kier molecular flexibility index (Phi) is 7.55. The summed E-state index contributed by atoms with van der Waals surface area (Å²) in [5.41, 5.74) is 0.973. The summed E-state index contributed by atoms with van der Waals surface area (Å²) in [7, 11) is 0. The number of anilines is 1. The van der Waals surface area contributed by atoms with Crippen LogP contribution >= 0.6 is 0 Å². The predicted molar refractivity (Wildman–Crippen MR) is 121 cm³/mol. The molecule has 8 heteroatoms. The quantitative estimate of drug-likeness (QED) is 0.589. The summed E-state index contributed by atoms with van der Waals surface area (Å²) in [6, 6.07) is 8.03. The zero-order chi connectivity index (χ0) is 23.5. The van der Waals surface area contributed by atoms with Crippen molar-refractivity contribution in [2.75, 3.05) is 44.2 Å². The monoisotopic (exact) mass is 452 g/mol. The Morgan fingerprint density at radius 3 is 2.31 bits per heavy atom. The maximum absolute atomic E-state index is 13.0. The lowest BCUT2D eigenvalue weighted by Crippen LogP contribution is -2.49. The van der Waals surface area contributed by atoms with E-state index in [0.29, 0.717) is 18.3 Å². The Labute approximate surface area is 189 Å². The first-order valence-electron chi connectivity index (χ1n) is 11.3. The van der Waals surface area contributed by atoms with Crippen LogP contribution in [0.25, 0.3) is 0 Å². The van der Waals surface area contributed by atoms with E-state index < -0.39 is 11.7 Å². The Morgan fingerprint density at radius 1 is 1.06 bits per heavy atom. The van der Waals surface area contributed by atoms with Crippen molar-refractivity contribution in [1.29, 1.82) is 0 Å². The molecule has 3 rings (SSSR count). The first kappa shape index (κ1) is 24.6. The fraction of sp³-hybridized carbons (Fsp3) is 0.625. The number of hydrogen-bond donors (Lipinski definition) is 0. The Balaban J connectivity index is 1.51. The van der Waals surface area contributed by atoms with Gasteiger partial charge in [-0.1, -0.05) is 32.0 Å². The molecule has 0 bridgehead atoms. The molecule has 1 aromatic carbocycles. The second-order valence-electron chi connectivity index (χ2n) is 9.87. The van der Waals surface area contributed by atoms with Gasteiger partial charge in [-0.05, 0) is 32.0 Å². The number of hydrogen-bond acceptors (Lipinski definition) is 5. The molecular formula is C24H35F3N4O. The Bertz CT molecular complexity index is 865. The van der Waals surface area contributed by atoms with Gasteiger partial charge in [-0.2, -0.15) is 13.2 Å². The van der Waals surface area contributed by atoms with Gasteiger partial charge in [0.2, 0.25) is 0 Å². The first-order valence-corrected chi connectivity index (χ1v) is 11.3. The van der Waals surface area contributed by atoms with Gasteiger partial charge in [-0.15, -0.1) is 0 Å². The highest BCUT2D eigenvalue weighted by molar-refractivity contribution is 5.49. The zero-order valence-corrected chi connectivity index (χ0v) is 19.7. The molecule has 0 radical (unpaired) electrons. The third-order valence-corrected chi connectivity index (χ3v) is 6.03. The van der Waals surface area contributed by atoms with Gasteiger partial charge in [-0.25, -0.2) is 0 Å². The van der Waals surface area contributed by atoms with Crippen LogP contribution in [0.3, 0.4) is 0 Å². The summed E-state index contributed by atoms with van der Waals surface area (Å²) in [6.45, 7) is 16.3. The summed E-state index contributed by atoms with van der Waals surface area (Å²) in [5, 5.41) is 4.22. The van der Waals surface area contributed by atoms with E-state index in [0.717, 1.165) is 56.8 Å². The van der Waals surface area contributed by atoms with Crippen LogP contribution in [0, 0.1) is 0 Å². The molecule has 0 saturated carbocycles. The van der Waals surface area contributed by atoms with Gasteiger partial charge in [0.25, 0.3) is 0 Å². The topological polar surface area (TPSA) is 35.8 Å². The fourth-order valence-corrected chi connectivity index (χ4v) is 3.84. The second kappa shape index (κ2) is 9.83. The minimum atomic E-state index is -4.31. The summed E-state index contributed by atoms with van der Waals surface area (Å²) in [6.07, 6.45) is -4.31. The van der Waals surface area contributed by atoms with Crippen LogP contribution in [-0.4, -0.2) is 60.3 Å². The van der Waals surface area contributed by atoms with Crippen molar-refractivity contribution in [2.24, 2.45) is 0 Å². The van der Waals surface area contributed by atoms with Crippen LogP contribution < -0.4 is 4.90 Å². The number of rotatable bonds is 7. The molecule has 2 aromatic rings. The molecule has 0 N–H and O–H groups in total. The van der Waals surface area contributed by atoms with Gasteiger partial charge in [0, 0.05) is 62.5 Å². The largest absolute Gasteiger partial charge is 0.416 e. The highest BCUT2D eigenvalue weighted by Gasteiger charge is 2.31. The van der Waals surface area contributed by atoms with E-state index in [1.54, 1.807) is 6.07 Å². The van der Waals surface area contributed by atoms with Crippen LogP contribution in [0.5, 0.6) is 0 Å². The van der Waals surface area contributed by atoms with Gasteiger partial charge in [0.15, 0.2) is 5.76 Å².